The van der Waals surface area contributed by atoms with E-state index in [4.69, 9.17) is 25.8 Å². The molecule has 0 radical (unpaired) electrons. The molecule has 0 heterocycles. The number of hydrogen-bond acceptors (Lipinski definition) is 6. The highest BCUT2D eigenvalue weighted by molar-refractivity contribution is 7.92. The number of benzene rings is 2. The van der Waals surface area contributed by atoms with Crippen LogP contribution in [0.4, 0.5) is 5.69 Å². The number of amides is 1. The molecular weight excluding hydrogens is 444 g/mol. The van der Waals surface area contributed by atoms with Gasteiger partial charge in [-0.15, -0.1) is 0 Å². The molecule has 170 valence electrons. The summed E-state index contributed by atoms with van der Waals surface area (Å²) in [5, 5.41) is 3.08. The minimum Gasteiger partial charge on any atom is -0.497 e. The van der Waals surface area contributed by atoms with Gasteiger partial charge in [-0.2, -0.15) is 0 Å². The quantitative estimate of drug-likeness (QED) is 0.603. The van der Waals surface area contributed by atoms with Gasteiger partial charge in [0.15, 0.2) is 0 Å². The first kappa shape index (κ1) is 24.6. The summed E-state index contributed by atoms with van der Waals surface area (Å²) < 4.78 is 41.8. The highest BCUT2D eigenvalue weighted by Crippen LogP contribution is 2.32. The van der Waals surface area contributed by atoms with E-state index >= 15 is 0 Å². The van der Waals surface area contributed by atoms with Gasteiger partial charge in [0.2, 0.25) is 15.9 Å². The third-order valence-corrected chi connectivity index (χ3v) is 6.28. The number of carbonyl (C=O) groups is 1. The van der Waals surface area contributed by atoms with Gasteiger partial charge in [0.25, 0.3) is 0 Å². The molecule has 1 amide bonds. The third kappa shape index (κ3) is 5.74. The number of nitrogens with zero attached hydrogens (tertiary/aromatic N) is 1. The van der Waals surface area contributed by atoms with Crippen molar-refractivity contribution < 1.29 is 27.4 Å². The maximum Gasteiger partial charge on any atom is 0.244 e. The van der Waals surface area contributed by atoms with Crippen LogP contribution in [0.3, 0.4) is 0 Å². The second kappa shape index (κ2) is 10.1. The lowest BCUT2D eigenvalue weighted by atomic mass is 10.1. The average Bonchev–Trinajstić information content (AvgIpc) is 2.72. The highest BCUT2D eigenvalue weighted by Gasteiger charge is 2.30. The first-order valence-corrected chi connectivity index (χ1v) is 11.6. The van der Waals surface area contributed by atoms with Gasteiger partial charge in [0.1, 0.15) is 23.3 Å². The molecule has 0 unspecified atom stereocenters. The SMILES string of the molecule is COc1ccc(OC)c([C@@H](C)NC(=O)[C@@H](C)N(c2ccc(OC)c(Cl)c2)S(C)(=O)=O)c1. The van der Waals surface area contributed by atoms with Crippen molar-refractivity contribution in [1.82, 2.24) is 5.32 Å². The van der Waals surface area contributed by atoms with Crippen molar-refractivity contribution in [3.05, 3.63) is 47.0 Å². The van der Waals surface area contributed by atoms with Gasteiger partial charge in [-0.25, -0.2) is 8.42 Å². The Kier molecular flexibility index (Phi) is 8.02. The summed E-state index contributed by atoms with van der Waals surface area (Å²) >= 11 is 6.16. The molecule has 0 saturated heterocycles. The predicted molar refractivity (Wildman–Crippen MR) is 121 cm³/mol. The first-order chi connectivity index (χ1) is 14.5. The summed E-state index contributed by atoms with van der Waals surface area (Å²) in [5.74, 6) is 1.09. The van der Waals surface area contributed by atoms with Crippen molar-refractivity contribution in [3.8, 4) is 17.2 Å². The van der Waals surface area contributed by atoms with Gasteiger partial charge in [-0.05, 0) is 50.2 Å². The predicted octanol–water partition coefficient (Wildman–Crippen LogP) is 3.40. The Hall–Kier alpha value is -2.65. The maximum absolute atomic E-state index is 13.0. The standard InChI is InChI=1S/C21H27ClN2O6S/c1-13(17-12-16(28-3)8-10-19(17)29-4)23-21(25)14(2)24(31(6,26)27)15-7-9-20(30-5)18(22)11-15/h7-14H,1-6H3,(H,23,25)/t13-,14-/m1/s1. The number of anilines is 1. The van der Waals surface area contributed by atoms with Crippen LogP contribution in [0, 0.1) is 0 Å². The van der Waals surface area contributed by atoms with Crippen molar-refractivity contribution in [1.29, 1.82) is 0 Å². The molecule has 0 aromatic heterocycles. The van der Waals surface area contributed by atoms with Crippen LogP contribution in [0.2, 0.25) is 5.02 Å². The number of rotatable bonds is 9. The Morgan fingerprint density at radius 3 is 2.13 bits per heavy atom. The number of halogens is 1. The van der Waals surface area contributed by atoms with E-state index in [-0.39, 0.29) is 10.7 Å². The first-order valence-electron chi connectivity index (χ1n) is 9.38. The molecule has 0 fully saturated rings. The van der Waals surface area contributed by atoms with Crippen molar-refractivity contribution >= 4 is 33.2 Å². The Balaban J connectivity index is 2.33. The zero-order chi connectivity index (χ0) is 23.3. The average molecular weight is 471 g/mol. The van der Waals surface area contributed by atoms with E-state index in [1.807, 2.05) is 0 Å². The summed E-state index contributed by atoms with van der Waals surface area (Å²) in [4.78, 5) is 13.0. The van der Waals surface area contributed by atoms with E-state index in [0.717, 1.165) is 10.6 Å². The van der Waals surface area contributed by atoms with Crippen LogP contribution in [0.15, 0.2) is 36.4 Å². The fourth-order valence-electron chi connectivity index (χ4n) is 3.19. The summed E-state index contributed by atoms with van der Waals surface area (Å²) in [6.45, 7) is 3.28. The highest BCUT2D eigenvalue weighted by atomic mass is 35.5. The second-order valence-corrected chi connectivity index (χ2v) is 9.16. The van der Waals surface area contributed by atoms with Crippen LogP contribution in [0.5, 0.6) is 17.2 Å². The molecule has 0 aliphatic carbocycles. The lowest BCUT2D eigenvalue weighted by molar-refractivity contribution is -0.122. The fourth-order valence-corrected chi connectivity index (χ4v) is 4.61. The Bertz CT molecular complexity index is 1040. The number of ether oxygens (including phenoxy) is 3. The van der Waals surface area contributed by atoms with E-state index < -0.39 is 28.0 Å². The van der Waals surface area contributed by atoms with Crippen LogP contribution in [0.1, 0.15) is 25.5 Å². The molecule has 2 rings (SSSR count). The van der Waals surface area contributed by atoms with E-state index in [9.17, 15) is 13.2 Å². The Morgan fingerprint density at radius 1 is 1.00 bits per heavy atom. The van der Waals surface area contributed by atoms with Gasteiger partial charge >= 0.3 is 0 Å². The van der Waals surface area contributed by atoms with E-state index in [2.05, 4.69) is 5.32 Å². The molecule has 8 nitrogen and oxygen atoms in total. The number of sulfonamides is 1. The normalized spacial score (nSPS) is 13.1. The number of carbonyl (C=O) groups excluding carboxylic acids is 1. The van der Waals surface area contributed by atoms with Gasteiger partial charge in [0, 0.05) is 5.56 Å². The largest absolute Gasteiger partial charge is 0.497 e. The van der Waals surface area contributed by atoms with Crippen molar-refractivity contribution in [2.45, 2.75) is 25.9 Å². The van der Waals surface area contributed by atoms with Crippen molar-refractivity contribution in [2.24, 2.45) is 0 Å². The van der Waals surface area contributed by atoms with Crippen LogP contribution >= 0.6 is 11.6 Å². The molecule has 31 heavy (non-hydrogen) atoms. The molecule has 0 spiro atoms. The third-order valence-electron chi connectivity index (χ3n) is 4.74. The van der Waals surface area contributed by atoms with Gasteiger partial charge in [-0.3, -0.25) is 9.10 Å². The lowest BCUT2D eigenvalue weighted by Gasteiger charge is -2.29. The molecule has 2 aromatic rings. The second-order valence-electron chi connectivity index (χ2n) is 6.89. The summed E-state index contributed by atoms with van der Waals surface area (Å²) in [6, 6.07) is 8.25. The van der Waals surface area contributed by atoms with Crippen molar-refractivity contribution in [3.63, 3.8) is 0 Å². The summed E-state index contributed by atoms with van der Waals surface area (Å²) in [6.07, 6.45) is 1.03. The topological polar surface area (TPSA) is 94.2 Å². The number of methoxy groups -OCH3 is 3. The van der Waals surface area contributed by atoms with Gasteiger partial charge < -0.3 is 19.5 Å². The molecule has 0 saturated carbocycles. The molecule has 0 aliphatic heterocycles. The fraction of sp³-hybridized carbons (Fsp3) is 0.381. The van der Waals surface area contributed by atoms with Crippen LogP contribution < -0.4 is 23.8 Å². The molecule has 2 aromatic carbocycles. The molecule has 2 atom stereocenters. The van der Waals surface area contributed by atoms with Crippen molar-refractivity contribution in [2.75, 3.05) is 31.9 Å². The van der Waals surface area contributed by atoms with E-state index in [1.54, 1.807) is 38.3 Å². The molecular formula is C21H27ClN2O6S. The molecule has 0 bridgehead atoms. The zero-order valence-electron chi connectivity index (χ0n) is 18.3. The zero-order valence-corrected chi connectivity index (χ0v) is 19.9. The number of nitrogens with one attached hydrogen (secondary N) is 1. The number of hydrogen-bond donors (Lipinski definition) is 1. The summed E-state index contributed by atoms with van der Waals surface area (Å²) in [7, 11) is 0.735. The van der Waals surface area contributed by atoms with E-state index in [1.165, 1.54) is 33.3 Å². The monoisotopic (exact) mass is 470 g/mol. The Labute approximate surface area is 188 Å². The van der Waals surface area contributed by atoms with Crippen LogP contribution in [0.25, 0.3) is 0 Å². The summed E-state index contributed by atoms with van der Waals surface area (Å²) in [5.41, 5.74) is 0.948. The van der Waals surface area contributed by atoms with Crippen LogP contribution in [-0.2, 0) is 14.8 Å². The molecule has 1 N–H and O–H groups in total. The van der Waals surface area contributed by atoms with Crippen LogP contribution in [-0.4, -0.2) is 48.0 Å². The smallest absolute Gasteiger partial charge is 0.244 e. The van der Waals surface area contributed by atoms with Gasteiger partial charge in [0.05, 0.1) is 44.3 Å². The minimum absolute atomic E-state index is 0.232. The Morgan fingerprint density at radius 2 is 1.61 bits per heavy atom. The lowest BCUT2D eigenvalue weighted by Crippen LogP contribution is -2.48. The van der Waals surface area contributed by atoms with E-state index in [0.29, 0.717) is 22.8 Å². The molecule has 10 heteroatoms. The van der Waals surface area contributed by atoms with Gasteiger partial charge in [-0.1, -0.05) is 11.6 Å². The minimum atomic E-state index is -3.79. The molecule has 0 aliphatic rings. The maximum atomic E-state index is 13.0.